The van der Waals surface area contributed by atoms with Gasteiger partial charge in [0.25, 0.3) is 0 Å². The first-order chi connectivity index (χ1) is 10.4. The van der Waals surface area contributed by atoms with Gasteiger partial charge in [-0.1, -0.05) is 0 Å². The molecule has 2 aromatic rings. The Morgan fingerprint density at radius 2 is 2.05 bits per heavy atom. The van der Waals surface area contributed by atoms with Crippen molar-refractivity contribution in [2.45, 2.75) is 38.1 Å². The highest BCUT2D eigenvalue weighted by atomic mass is 16.5. The van der Waals surface area contributed by atoms with E-state index in [1.807, 2.05) is 6.07 Å². The van der Waals surface area contributed by atoms with E-state index in [0.29, 0.717) is 18.1 Å². The van der Waals surface area contributed by atoms with Crippen LogP contribution in [-0.4, -0.2) is 34.8 Å². The lowest BCUT2D eigenvalue weighted by molar-refractivity contribution is -0.0800. The maximum absolute atomic E-state index is 6.13. The topological polar surface area (TPSA) is 30.5 Å². The van der Waals surface area contributed by atoms with E-state index in [4.69, 9.17) is 9.15 Å². The van der Waals surface area contributed by atoms with Crippen LogP contribution in [0.15, 0.2) is 47.3 Å². The highest BCUT2D eigenvalue weighted by molar-refractivity contribution is 5.02. The van der Waals surface area contributed by atoms with Gasteiger partial charge in [-0.2, -0.15) is 0 Å². The van der Waals surface area contributed by atoms with Crippen molar-refractivity contribution in [2.75, 3.05) is 13.2 Å². The molecule has 0 bridgehead atoms. The fourth-order valence-corrected chi connectivity index (χ4v) is 3.89. The zero-order valence-corrected chi connectivity index (χ0v) is 12.2. The first kappa shape index (κ1) is 13.2. The Balaban J connectivity index is 1.44. The number of nitrogens with zero attached hydrogens (tertiary/aromatic N) is 2. The minimum atomic E-state index is 0.371. The normalized spacial score (nSPS) is 29.6. The lowest BCUT2D eigenvalue weighted by Crippen LogP contribution is -2.50. The predicted molar refractivity (Wildman–Crippen MR) is 79.8 cm³/mol. The molecule has 21 heavy (non-hydrogen) atoms. The number of hydrogen-bond acceptors (Lipinski definition) is 3. The summed E-state index contributed by atoms with van der Waals surface area (Å²) < 4.78 is 13.9. The van der Waals surface area contributed by atoms with Gasteiger partial charge < -0.3 is 13.7 Å². The molecule has 1 aliphatic carbocycles. The minimum absolute atomic E-state index is 0.371. The van der Waals surface area contributed by atoms with E-state index >= 15 is 0 Å². The van der Waals surface area contributed by atoms with Gasteiger partial charge in [-0.25, -0.2) is 0 Å². The maximum Gasteiger partial charge on any atom is 0.117 e. The van der Waals surface area contributed by atoms with Gasteiger partial charge in [-0.3, -0.25) is 4.90 Å². The van der Waals surface area contributed by atoms with Crippen molar-refractivity contribution in [3.63, 3.8) is 0 Å². The molecule has 0 aromatic carbocycles. The first-order valence-electron chi connectivity index (χ1n) is 7.89. The lowest BCUT2D eigenvalue weighted by atomic mass is 10.0. The summed E-state index contributed by atoms with van der Waals surface area (Å²) in [6.45, 7) is 3.83. The molecular formula is C17H22N2O2. The SMILES string of the molecule is c1coc(CN2CCO[C@@H]3[C@H](Cn4cccc4)CC[C@H]32)c1. The highest BCUT2D eigenvalue weighted by Gasteiger charge is 2.42. The number of rotatable bonds is 4. The minimum Gasteiger partial charge on any atom is -0.468 e. The van der Waals surface area contributed by atoms with Crippen molar-refractivity contribution >= 4 is 0 Å². The summed E-state index contributed by atoms with van der Waals surface area (Å²) >= 11 is 0. The largest absolute Gasteiger partial charge is 0.468 e. The van der Waals surface area contributed by atoms with Crippen molar-refractivity contribution in [3.8, 4) is 0 Å². The zero-order valence-electron chi connectivity index (χ0n) is 12.2. The molecule has 0 radical (unpaired) electrons. The standard InChI is InChI=1S/C17H22N2O2/c1-2-8-18(7-1)12-14-5-6-16-17(14)21-11-9-19(16)13-15-4-3-10-20-15/h1-4,7-8,10,14,16-17H,5-6,9,11-13H2/t14-,16+,17+/m0/s1. The first-order valence-corrected chi connectivity index (χ1v) is 7.89. The van der Waals surface area contributed by atoms with Gasteiger partial charge in [0.05, 0.1) is 25.5 Å². The summed E-state index contributed by atoms with van der Waals surface area (Å²) in [5.74, 6) is 1.69. The van der Waals surface area contributed by atoms with Crippen molar-refractivity contribution in [1.29, 1.82) is 0 Å². The second-order valence-electron chi connectivity index (χ2n) is 6.17. The monoisotopic (exact) mass is 286 g/mol. The molecule has 3 heterocycles. The third-order valence-corrected chi connectivity index (χ3v) is 4.89. The fraction of sp³-hybridized carbons (Fsp3) is 0.529. The van der Waals surface area contributed by atoms with Crippen molar-refractivity contribution in [3.05, 3.63) is 48.7 Å². The van der Waals surface area contributed by atoms with E-state index in [1.165, 1.54) is 12.8 Å². The summed E-state index contributed by atoms with van der Waals surface area (Å²) in [6.07, 6.45) is 8.92. The van der Waals surface area contributed by atoms with Crippen LogP contribution in [0, 0.1) is 5.92 Å². The Bertz CT molecular complexity index is 549. The molecule has 0 unspecified atom stereocenters. The number of ether oxygens (including phenoxy) is 1. The molecule has 4 rings (SSSR count). The van der Waals surface area contributed by atoms with E-state index < -0.39 is 0 Å². The molecule has 0 amide bonds. The Labute approximate surface area is 125 Å². The summed E-state index contributed by atoms with van der Waals surface area (Å²) in [5, 5.41) is 0. The Kier molecular flexibility index (Phi) is 3.57. The Morgan fingerprint density at radius 1 is 1.14 bits per heavy atom. The van der Waals surface area contributed by atoms with Crippen LogP contribution in [0.5, 0.6) is 0 Å². The molecule has 1 saturated carbocycles. The highest BCUT2D eigenvalue weighted by Crippen LogP contribution is 2.36. The molecule has 0 N–H and O–H groups in total. The average molecular weight is 286 g/mol. The molecule has 4 heteroatoms. The molecule has 112 valence electrons. The number of furan rings is 1. The summed E-state index contributed by atoms with van der Waals surface area (Å²) in [6, 6.07) is 8.77. The van der Waals surface area contributed by atoms with Gasteiger partial charge in [-0.15, -0.1) is 0 Å². The number of aromatic nitrogens is 1. The molecule has 2 fully saturated rings. The van der Waals surface area contributed by atoms with Crippen molar-refractivity contribution < 1.29 is 9.15 Å². The molecule has 4 nitrogen and oxygen atoms in total. The number of morpholine rings is 1. The second kappa shape index (κ2) is 5.70. The van der Waals surface area contributed by atoms with Gasteiger partial charge in [-0.05, 0) is 37.1 Å². The molecule has 0 spiro atoms. The van der Waals surface area contributed by atoms with Crippen LogP contribution in [0.2, 0.25) is 0 Å². The van der Waals surface area contributed by atoms with Crippen LogP contribution in [0.4, 0.5) is 0 Å². The third-order valence-electron chi connectivity index (χ3n) is 4.89. The van der Waals surface area contributed by atoms with Crippen LogP contribution in [0.25, 0.3) is 0 Å². The number of hydrogen-bond donors (Lipinski definition) is 0. The Morgan fingerprint density at radius 3 is 2.86 bits per heavy atom. The van der Waals surface area contributed by atoms with Crippen LogP contribution in [0.1, 0.15) is 18.6 Å². The number of fused-ring (bicyclic) bond motifs is 1. The second-order valence-corrected chi connectivity index (χ2v) is 6.17. The van der Waals surface area contributed by atoms with Crippen LogP contribution in [-0.2, 0) is 17.8 Å². The van der Waals surface area contributed by atoms with Gasteiger partial charge in [0.1, 0.15) is 5.76 Å². The smallest absolute Gasteiger partial charge is 0.117 e. The van der Waals surface area contributed by atoms with E-state index in [1.54, 1.807) is 6.26 Å². The lowest BCUT2D eigenvalue weighted by Gasteiger charge is -2.39. The van der Waals surface area contributed by atoms with E-state index in [0.717, 1.165) is 32.0 Å². The van der Waals surface area contributed by atoms with Crippen LogP contribution in [0.3, 0.4) is 0 Å². The third kappa shape index (κ3) is 2.65. The summed E-state index contributed by atoms with van der Waals surface area (Å²) in [7, 11) is 0. The van der Waals surface area contributed by atoms with Crippen molar-refractivity contribution in [1.82, 2.24) is 9.47 Å². The molecule has 3 atom stereocenters. The fourth-order valence-electron chi connectivity index (χ4n) is 3.89. The van der Waals surface area contributed by atoms with Crippen LogP contribution < -0.4 is 0 Å². The molecule has 1 aliphatic heterocycles. The molecule has 2 aromatic heterocycles. The van der Waals surface area contributed by atoms with E-state index in [9.17, 15) is 0 Å². The summed E-state index contributed by atoms with van der Waals surface area (Å²) in [4.78, 5) is 2.54. The Hall–Kier alpha value is -1.52. The van der Waals surface area contributed by atoms with Gasteiger partial charge >= 0.3 is 0 Å². The molecular weight excluding hydrogens is 264 g/mol. The predicted octanol–water partition coefficient (Wildman–Crippen LogP) is 2.76. The van der Waals surface area contributed by atoms with Gasteiger partial charge in [0, 0.05) is 37.4 Å². The molecule has 2 aliphatic rings. The van der Waals surface area contributed by atoms with Crippen LogP contribution >= 0.6 is 0 Å². The zero-order chi connectivity index (χ0) is 14.1. The van der Waals surface area contributed by atoms with E-state index in [-0.39, 0.29) is 0 Å². The van der Waals surface area contributed by atoms with E-state index in [2.05, 4.69) is 40.1 Å². The molecule has 1 saturated heterocycles. The van der Waals surface area contributed by atoms with Gasteiger partial charge in [0.15, 0.2) is 0 Å². The average Bonchev–Trinajstić information content (AvgIpc) is 3.22. The van der Waals surface area contributed by atoms with Crippen molar-refractivity contribution in [2.24, 2.45) is 5.92 Å². The quantitative estimate of drug-likeness (QED) is 0.866. The van der Waals surface area contributed by atoms with Gasteiger partial charge in [0.2, 0.25) is 0 Å². The maximum atomic E-state index is 6.13. The summed E-state index contributed by atoms with van der Waals surface area (Å²) in [5.41, 5.74) is 0.